The molecule has 0 bridgehead atoms. The number of carbonyl (C=O) groups is 1. The number of aromatic nitrogens is 2. The third-order valence-electron chi connectivity index (χ3n) is 2.75. The highest BCUT2D eigenvalue weighted by atomic mass is 35.5. The highest BCUT2D eigenvalue weighted by Crippen LogP contribution is 2.12. The van der Waals surface area contributed by atoms with Crippen LogP contribution in [0.5, 0.6) is 0 Å². The molecule has 1 heterocycles. The van der Waals surface area contributed by atoms with E-state index in [0.717, 1.165) is 12.8 Å². The van der Waals surface area contributed by atoms with E-state index in [1.807, 2.05) is 13.8 Å². The molecule has 6 heteroatoms. The molecule has 1 amide bonds. The van der Waals surface area contributed by atoms with Gasteiger partial charge in [0.1, 0.15) is 16.8 Å². The summed E-state index contributed by atoms with van der Waals surface area (Å²) in [5.41, 5.74) is 0. The number of nitrogens with zero attached hydrogens (tertiary/aromatic N) is 3. The van der Waals surface area contributed by atoms with Gasteiger partial charge in [-0.1, -0.05) is 18.5 Å². The standard InChI is InChI=1S/C13H21ClN4O/c1-4-7-11-16-10(14)8-12(17-11)15-9-13(19)18(5-2)6-3/h8H,4-7,9H2,1-3H3,(H,15,16,17). The molecule has 0 saturated carbocycles. The summed E-state index contributed by atoms with van der Waals surface area (Å²) in [5.74, 6) is 1.36. The number of hydrogen-bond donors (Lipinski definition) is 1. The summed E-state index contributed by atoms with van der Waals surface area (Å²) in [4.78, 5) is 22.1. The van der Waals surface area contributed by atoms with Crippen LogP contribution in [0.15, 0.2) is 6.07 Å². The largest absolute Gasteiger partial charge is 0.361 e. The summed E-state index contributed by atoms with van der Waals surface area (Å²) in [7, 11) is 0. The highest BCUT2D eigenvalue weighted by Gasteiger charge is 2.10. The van der Waals surface area contributed by atoms with Crippen molar-refractivity contribution < 1.29 is 4.79 Å². The fraction of sp³-hybridized carbons (Fsp3) is 0.615. The van der Waals surface area contributed by atoms with Crippen LogP contribution in [0, 0.1) is 0 Å². The SMILES string of the molecule is CCCc1nc(Cl)cc(NCC(=O)N(CC)CC)n1. The van der Waals surface area contributed by atoms with Gasteiger partial charge in [-0.3, -0.25) is 4.79 Å². The topological polar surface area (TPSA) is 58.1 Å². The van der Waals surface area contributed by atoms with E-state index >= 15 is 0 Å². The minimum Gasteiger partial charge on any atom is -0.361 e. The summed E-state index contributed by atoms with van der Waals surface area (Å²) in [5, 5.41) is 3.41. The zero-order chi connectivity index (χ0) is 14.3. The van der Waals surface area contributed by atoms with E-state index in [4.69, 9.17) is 11.6 Å². The summed E-state index contributed by atoms with van der Waals surface area (Å²) in [6, 6.07) is 1.64. The number of halogens is 1. The van der Waals surface area contributed by atoms with Gasteiger partial charge >= 0.3 is 0 Å². The highest BCUT2D eigenvalue weighted by molar-refractivity contribution is 6.29. The van der Waals surface area contributed by atoms with Crippen LogP contribution >= 0.6 is 11.6 Å². The van der Waals surface area contributed by atoms with Crippen LogP contribution < -0.4 is 5.32 Å². The van der Waals surface area contributed by atoms with Crippen LogP contribution in [0.3, 0.4) is 0 Å². The van der Waals surface area contributed by atoms with Gasteiger partial charge in [0, 0.05) is 25.6 Å². The van der Waals surface area contributed by atoms with Crippen LogP contribution in [-0.4, -0.2) is 40.4 Å². The first kappa shape index (κ1) is 15.7. The molecule has 0 aromatic carbocycles. The minimum absolute atomic E-state index is 0.0526. The van der Waals surface area contributed by atoms with Crippen molar-refractivity contribution >= 4 is 23.3 Å². The first-order valence-electron chi connectivity index (χ1n) is 6.65. The normalized spacial score (nSPS) is 10.3. The molecule has 19 heavy (non-hydrogen) atoms. The monoisotopic (exact) mass is 284 g/mol. The maximum absolute atomic E-state index is 11.9. The van der Waals surface area contributed by atoms with Gasteiger partial charge in [-0.15, -0.1) is 0 Å². The van der Waals surface area contributed by atoms with Crippen LogP contribution in [-0.2, 0) is 11.2 Å². The van der Waals surface area contributed by atoms with Crippen molar-refractivity contribution in [2.45, 2.75) is 33.6 Å². The molecule has 1 rings (SSSR count). The average Bonchev–Trinajstić information content (AvgIpc) is 2.37. The lowest BCUT2D eigenvalue weighted by Crippen LogP contribution is -2.35. The molecule has 0 aliphatic carbocycles. The molecule has 0 radical (unpaired) electrons. The van der Waals surface area contributed by atoms with Crippen LogP contribution in [0.25, 0.3) is 0 Å². The molecule has 0 aliphatic rings. The van der Waals surface area contributed by atoms with Crippen molar-refractivity contribution in [1.29, 1.82) is 0 Å². The zero-order valence-electron chi connectivity index (χ0n) is 11.7. The van der Waals surface area contributed by atoms with Gasteiger partial charge in [0.05, 0.1) is 6.54 Å². The number of hydrogen-bond acceptors (Lipinski definition) is 4. The first-order valence-corrected chi connectivity index (χ1v) is 7.03. The molecule has 0 spiro atoms. The van der Waals surface area contributed by atoms with Crippen molar-refractivity contribution in [3.8, 4) is 0 Å². The van der Waals surface area contributed by atoms with E-state index in [2.05, 4.69) is 22.2 Å². The van der Waals surface area contributed by atoms with E-state index in [1.54, 1.807) is 11.0 Å². The first-order chi connectivity index (χ1) is 9.10. The lowest BCUT2D eigenvalue weighted by Gasteiger charge is -2.19. The van der Waals surface area contributed by atoms with Gasteiger partial charge in [-0.25, -0.2) is 9.97 Å². The maximum Gasteiger partial charge on any atom is 0.241 e. The molecule has 106 valence electrons. The Morgan fingerprint density at radius 2 is 2.00 bits per heavy atom. The summed E-state index contributed by atoms with van der Waals surface area (Å²) >= 11 is 5.93. The Morgan fingerprint density at radius 1 is 1.32 bits per heavy atom. The summed E-state index contributed by atoms with van der Waals surface area (Å²) in [6.45, 7) is 7.62. The average molecular weight is 285 g/mol. The third kappa shape index (κ3) is 5.03. The molecule has 0 unspecified atom stereocenters. The van der Waals surface area contributed by atoms with Crippen LogP contribution in [0.1, 0.15) is 33.0 Å². The van der Waals surface area contributed by atoms with Crippen LogP contribution in [0.4, 0.5) is 5.82 Å². The fourth-order valence-electron chi connectivity index (χ4n) is 1.74. The van der Waals surface area contributed by atoms with Crippen LogP contribution in [0.2, 0.25) is 5.15 Å². The van der Waals surface area contributed by atoms with Gasteiger partial charge in [-0.05, 0) is 20.3 Å². The lowest BCUT2D eigenvalue weighted by atomic mass is 10.3. The Morgan fingerprint density at radius 3 is 2.58 bits per heavy atom. The Bertz CT molecular complexity index is 421. The van der Waals surface area contributed by atoms with Gasteiger partial charge in [0.25, 0.3) is 0 Å². The van der Waals surface area contributed by atoms with Gasteiger partial charge in [0.15, 0.2) is 0 Å². The quantitative estimate of drug-likeness (QED) is 0.781. The minimum atomic E-state index is 0.0526. The van der Waals surface area contributed by atoms with E-state index < -0.39 is 0 Å². The number of rotatable bonds is 7. The van der Waals surface area contributed by atoms with Crippen molar-refractivity contribution in [3.63, 3.8) is 0 Å². The van der Waals surface area contributed by atoms with Crippen molar-refractivity contribution in [2.24, 2.45) is 0 Å². The van der Waals surface area contributed by atoms with Crippen molar-refractivity contribution in [2.75, 3.05) is 25.0 Å². The number of carbonyl (C=O) groups excluding carboxylic acids is 1. The second-order valence-electron chi connectivity index (χ2n) is 4.16. The van der Waals surface area contributed by atoms with E-state index in [0.29, 0.717) is 29.9 Å². The third-order valence-corrected chi connectivity index (χ3v) is 2.95. The van der Waals surface area contributed by atoms with Crippen molar-refractivity contribution in [1.82, 2.24) is 14.9 Å². The van der Waals surface area contributed by atoms with E-state index in [1.165, 1.54) is 0 Å². The predicted octanol–water partition coefficient (Wildman–Crippen LogP) is 2.36. The molecule has 1 N–H and O–H groups in total. The number of likely N-dealkylation sites (N-methyl/N-ethyl adjacent to an activating group) is 1. The molecule has 0 fully saturated rings. The summed E-state index contributed by atoms with van der Waals surface area (Å²) in [6.07, 6.45) is 1.73. The van der Waals surface area contributed by atoms with Gasteiger partial charge < -0.3 is 10.2 Å². The Labute approximate surface area is 119 Å². The number of aryl methyl sites for hydroxylation is 1. The fourth-order valence-corrected chi connectivity index (χ4v) is 1.95. The van der Waals surface area contributed by atoms with E-state index in [-0.39, 0.29) is 12.5 Å². The van der Waals surface area contributed by atoms with Gasteiger partial charge in [0.2, 0.25) is 5.91 Å². The second kappa shape index (κ2) is 7.94. The van der Waals surface area contributed by atoms with Crippen molar-refractivity contribution in [3.05, 3.63) is 17.0 Å². The zero-order valence-corrected chi connectivity index (χ0v) is 12.5. The lowest BCUT2D eigenvalue weighted by molar-refractivity contribution is -0.128. The Kier molecular flexibility index (Phi) is 6.56. The Balaban J connectivity index is 2.64. The molecular formula is C13H21ClN4O. The molecular weight excluding hydrogens is 264 g/mol. The predicted molar refractivity (Wildman–Crippen MR) is 77.5 cm³/mol. The molecule has 0 aliphatic heterocycles. The Hall–Kier alpha value is -1.36. The van der Waals surface area contributed by atoms with Gasteiger partial charge in [-0.2, -0.15) is 0 Å². The smallest absolute Gasteiger partial charge is 0.241 e. The maximum atomic E-state index is 11.9. The number of nitrogens with one attached hydrogen (secondary N) is 1. The summed E-state index contributed by atoms with van der Waals surface area (Å²) < 4.78 is 0. The molecule has 0 atom stereocenters. The van der Waals surface area contributed by atoms with E-state index in [9.17, 15) is 4.79 Å². The second-order valence-corrected chi connectivity index (χ2v) is 4.55. The molecule has 5 nitrogen and oxygen atoms in total. The number of amides is 1. The molecule has 1 aromatic rings. The molecule has 1 aromatic heterocycles. The number of anilines is 1. The molecule has 0 saturated heterocycles.